The van der Waals surface area contributed by atoms with E-state index >= 15 is 0 Å². The van der Waals surface area contributed by atoms with Crippen LogP contribution in [0.3, 0.4) is 0 Å². The molecule has 0 aliphatic carbocycles. The van der Waals surface area contributed by atoms with Gasteiger partial charge in [-0.3, -0.25) is 4.90 Å². The normalized spacial score (nSPS) is 10.5. The summed E-state index contributed by atoms with van der Waals surface area (Å²) in [5, 5.41) is 13.3. The number of aldehydes is 1. The molecule has 4 aromatic rings. The van der Waals surface area contributed by atoms with Crippen molar-refractivity contribution in [3.63, 3.8) is 0 Å². The molecule has 1 N–H and O–H groups in total. The highest BCUT2D eigenvalue weighted by atomic mass is 16.6. The van der Waals surface area contributed by atoms with Gasteiger partial charge in [-0.15, -0.1) is 0 Å². The van der Waals surface area contributed by atoms with E-state index in [1.165, 1.54) is 29.2 Å². The quantitative estimate of drug-likeness (QED) is 0.370. The first-order valence-electron chi connectivity index (χ1n) is 10.4. The van der Waals surface area contributed by atoms with Gasteiger partial charge in [-0.1, -0.05) is 35.5 Å². The highest BCUT2D eigenvalue weighted by Gasteiger charge is 2.16. The molecular weight excluding hydrogens is 438 g/mol. The fraction of sp³-hybridized carbons (Fsp3) is 0.120. The van der Waals surface area contributed by atoms with E-state index in [4.69, 9.17) is 14.0 Å². The highest BCUT2D eigenvalue weighted by Crippen LogP contribution is 2.20. The topological polar surface area (TPSA) is 115 Å². The van der Waals surface area contributed by atoms with Gasteiger partial charge < -0.3 is 23.9 Å². The summed E-state index contributed by atoms with van der Waals surface area (Å²) in [6.07, 6.45) is -0.0473. The minimum Gasteiger partial charge on any atom is -0.508 e. The Labute approximate surface area is 195 Å². The van der Waals surface area contributed by atoms with Crippen molar-refractivity contribution in [2.45, 2.75) is 13.2 Å². The first kappa shape index (κ1) is 22.5. The van der Waals surface area contributed by atoms with Crippen LogP contribution in [0.1, 0.15) is 11.4 Å². The molecule has 0 atom stereocenters. The summed E-state index contributed by atoms with van der Waals surface area (Å²) >= 11 is 0. The fourth-order valence-electron chi connectivity index (χ4n) is 3.04. The third-order valence-electron chi connectivity index (χ3n) is 4.75. The Kier molecular flexibility index (Phi) is 7.14. The molecule has 0 bridgehead atoms. The second-order valence-corrected chi connectivity index (χ2v) is 7.22. The Balaban J connectivity index is 1.33. The van der Waals surface area contributed by atoms with Crippen LogP contribution in [-0.2, 0) is 17.9 Å². The molecule has 0 saturated carbocycles. The van der Waals surface area contributed by atoms with Gasteiger partial charge in [0, 0.05) is 12.1 Å². The number of ether oxygens (including phenoxy) is 2. The summed E-state index contributed by atoms with van der Waals surface area (Å²) in [6, 6.07) is 22.2. The van der Waals surface area contributed by atoms with Crippen LogP contribution in [0.15, 0.2) is 83.4 Å². The molecule has 0 unspecified atom stereocenters. The third kappa shape index (κ3) is 5.98. The monoisotopic (exact) mass is 459 g/mol. The number of phenolic OH excluding ortho intramolecular Hbond substituents is 1. The van der Waals surface area contributed by atoms with Gasteiger partial charge in [0.15, 0.2) is 6.61 Å². The Hall–Kier alpha value is -4.66. The zero-order valence-corrected chi connectivity index (χ0v) is 18.0. The molecule has 172 valence electrons. The lowest BCUT2D eigenvalue weighted by atomic mass is 10.2. The van der Waals surface area contributed by atoms with Crippen molar-refractivity contribution >= 4 is 12.4 Å². The van der Waals surface area contributed by atoms with E-state index in [9.17, 15) is 14.7 Å². The summed E-state index contributed by atoms with van der Waals surface area (Å²) in [5.41, 5.74) is 1.61. The molecular formula is C25H21N3O6. The Morgan fingerprint density at radius 3 is 2.38 bits per heavy atom. The lowest BCUT2D eigenvalue weighted by Gasteiger charge is -2.20. The van der Waals surface area contributed by atoms with Crippen molar-refractivity contribution in [3.8, 4) is 28.7 Å². The van der Waals surface area contributed by atoms with E-state index in [0.29, 0.717) is 23.8 Å². The molecule has 34 heavy (non-hydrogen) atoms. The van der Waals surface area contributed by atoms with Gasteiger partial charge in [0.1, 0.15) is 23.5 Å². The van der Waals surface area contributed by atoms with Gasteiger partial charge in [0.05, 0.1) is 6.54 Å². The van der Waals surface area contributed by atoms with Gasteiger partial charge in [0.25, 0.3) is 5.89 Å². The standard InChI is InChI=1S/C25H21N3O6/c29-15-14-28(25(31)33-22-12-8-20(30)9-13-22)16-18-6-10-21(11-7-18)32-17-23-26-24(34-27-23)19-4-2-1-3-5-19/h1-13,15,30H,14,16-17H2. The van der Waals surface area contributed by atoms with Crippen LogP contribution in [0.5, 0.6) is 17.2 Å². The highest BCUT2D eigenvalue weighted by molar-refractivity contribution is 5.73. The number of benzene rings is 3. The molecule has 0 radical (unpaired) electrons. The molecule has 1 amide bonds. The molecule has 1 aromatic heterocycles. The maximum Gasteiger partial charge on any atom is 0.415 e. The summed E-state index contributed by atoms with van der Waals surface area (Å²) in [5.74, 6) is 1.74. The summed E-state index contributed by atoms with van der Waals surface area (Å²) < 4.78 is 16.3. The largest absolute Gasteiger partial charge is 0.508 e. The van der Waals surface area contributed by atoms with E-state index in [1.54, 1.807) is 24.3 Å². The Bertz CT molecular complexity index is 1220. The molecule has 0 fully saturated rings. The number of hydrogen-bond acceptors (Lipinski definition) is 8. The molecule has 0 spiro atoms. The molecule has 4 rings (SSSR count). The second kappa shape index (κ2) is 10.8. The minimum absolute atomic E-state index is 0.0582. The molecule has 3 aromatic carbocycles. The molecule has 9 heteroatoms. The number of nitrogens with zero attached hydrogens (tertiary/aromatic N) is 3. The molecule has 0 saturated heterocycles. The van der Waals surface area contributed by atoms with Crippen LogP contribution in [0, 0.1) is 0 Å². The first-order valence-corrected chi connectivity index (χ1v) is 10.4. The van der Waals surface area contributed by atoms with E-state index in [-0.39, 0.29) is 31.2 Å². The Morgan fingerprint density at radius 2 is 1.68 bits per heavy atom. The number of hydrogen-bond donors (Lipinski definition) is 1. The van der Waals surface area contributed by atoms with Crippen LogP contribution < -0.4 is 9.47 Å². The smallest absolute Gasteiger partial charge is 0.415 e. The number of amides is 1. The lowest BCUT2D eigenvalue weighted by molar-refractivity contribution is -0.108. The molecule has 1 heterocycles. The van der Waals surface area contributed by atoms with E-state index in [2.05, 4.69) is 10.1 Å². The van der Waals surface area contributed by atoms with E-state index in [0.717, 1.165) is 11.1 Å². The van der Waals surface area contributed by atoms with Crippen molar-refractivity contribution < 1.29 is 28.7 Å². The third-order valence-corrected chi connectivity index (χ3v) is 4.75. The first-order chi connectivity index (χ1) is 16.6. The van der Waals surface area contributed by atoms with Crippen LogP contribution in [0.4, 0.5) is 4.79 Å². The lowest BCUT2D eigenvalue weighted by Crippen LogP contribution is -2.34. The van der Waals surface area contributed by atoms with Gasteiger partial charge in [-0.25, -0.2) is 4.79 Å². The number of carbonyl (C=O) groups excluding carboxylic acids is 2. The van der Waals surface area contributed by atoms with Crippen LogP contribution in [0.2, 0.25) is 0 Å². The Morgan fingerprint density at radius 1 is 0.971 bits per heavy atom. The second-order valence-electron chi connectivity index (χ2n) is 7.22. The van der Waals surface area contributed by atoms with E-state index < -0.39 is 6.09 Å². The molecule has 0 aliphatic rings. The van der Waals surface area contributed by atoms with Crippen LogP contribution >= 0.6 is 0 Å². The molecule has 9 nitrogen and oxygen atoms in total. The number of phenols is 1. The maximum atomic E-state index is 12.5. The van der Waals surface area contributed by atoms with Crippen molar-refractivity contribution in [2.75, 3.05) is 6.54 Å². The van der Waals surface area contributed by atoms with E-state index in [1.807, 2.05) is 30.3 Å². The minimum atomic E-state index is -0.676. The summed E-state index contributed by atoms with van der Waals surface area (Å²) in [6.45, 7) is 0.170. The number of carbonyl (C=O) groups is 2. The van der Waals surface area contributed by atoms with Gasteiger partial charge in [0.2, 0.25) is 5.82 Å². The number of aromatic nitrogens is 2. The predicted molar refractivity (Wildman–Crippen MR) is 121 cm³/mol. The zero-order chi connectivity index (χ0) is 23.8. The predicted octanol–water partition coefficient (Wildman–Crippen LogP) is 4.22. The zero-order valence-electron chi connectivity index (χ0n) is 18.0. The number of aromatic hydroxyl groups is 1. The van der Waals surface area contributed by atoms with Crippen LogP contribution in [0.25, 0.3) is 11.5 Å². The molecule has 0 aliphatic heterocycles. The maximum absolute atomic E-state index is 12.5. The average molecular weight is 459 g/mol. The van der Waals surface area contributed by atoms with Crippen molar-refractivity contribution in [1.29, 1.82) is 0 Å². The van der Waals surface area contributed by atoms with Crippen molar-refractivity contribution in [3.05, 3.63) is 90.3 Å². The average Bonchev–Trinajstić information content (AvgIpc) is 3.34. The van der Waals surface area contributed by atoms with Crippen molar-refractivity contribution in [1.82, 2.24) is 15.0 Å². The van der Waals surface area contributed by atoms with Gasteiger partial charge in [-0.2, -0.15) is 4.98 Å². The summed E-state index contributed by atoms with van der Waals surface area (Å²) in [4.78, 5) is 29.1. The van der Waals surface area contributed by atoms with Crippen molar-refractivity contribution in [2.24, 2.45) is 0 Å². The van der Waals surface area contributed by atoms with Gasteiger partial charge >= 0.3 is 6.09 Å². The summed E-state index contributed by atoms with van der Waals surface area (Å²) in [7, 11) is 0. The number of rotatable bonds is 9. The SMILES string of the molecule is O=CCN(Cc1ccc(OCc2noc(-c3ccccc3)n2)cc1)C(=O)Oc1ccc(O)cc1. The van der Waals surface area contributed by atoms with Crippen LogP contribution in [-0.4, -0.2) is 39.1 Å². The fourth-order valence-corrected chi connectivity index (χ4v) is 3.04. The van der Waals surface area contributed by atoms with Gasteiger partial charge in [-0.05, 0) is 54.1 Å².